The fourth-order valence-electron chi connectivity index (χ4n) is 3.76. The third-order valence-corrected chi connectivity index (χ3v) is 5.08. The number of hydrogen-bond acceptors (Lipinski definition) is 2. The molecule has 0 bridgehead atoms. The van der Waals surface area contributed by atoms with Gasteiger partial charge in [-0.05, 0) is 47.7 Å². The van der Waals surface area contributed by atoms with Crippen LogP contribution >= 0.6 is 0 Å². The Labute approximate surface area is 152 Å². The summed E-state index contributed by atoms with van der Waals surface area (Å²) >= 11 is 0. The van der Waals surface area contributed by atoms with Crippen molar-refractivity contribution in [2.24, 2.45) is 0 Å². The first-order chi connectivity index (χ1) is 12.8. The number of furan rings is 1. The third-order valence-electron chi connectivity index (χ3n) is 5.08. The van der Waals surface area contributed by atoms with Gasteiger partial charge in [0.05, 0.1) is 0 Å². The summed E-state index contributed by atoms with van der Waals surface area (Å²) in [5, 5.41) is 2.23. The van der Waals surface area contributed by atoms with E-state index in [1.807, 2.05) is 30.3 Å². The fraction of sp³-hybridized carbons (Fsp3) is 0.0833. The molecule has 0 spiro atoms. The Hall–Kier alpha value is -3.26. The van der Waals surface area contributed by atoms with Crippen molar-refractivity contribution in [2.45, 2.75) is 12.8 Å². The van der Waals surface area contributed by atoms with Crippen LogP contribution in [-0.2, 0) is 0 Å². The second-order valence-corrected chi connectivity index (χ2v) is 6.72. The van der Waals surface area contributed by atoms with Crippen molar-refractivity contribution in [1.82, 2.24) is 0 Å². The van der Waals surface area contributed by atoms with Gasteiger partial charge in [0.1, 0.15) is 11.2 Å². The van der Waals surface area contributed by atoms with Crippen LogP contribution in [0.3, 0.4) is 0 Å². The van der Waals surface area contributed by atoms with Crippen molar-refractivity contribution in [1.29, 1.82) is 0 Å². The van der Waals surface area contributed by atoms with Crippen molar-refractivity contribution in [3.63, 3.8) is 0 Å². The van der Waals surface area contributed by atoms with Crippen molar-refractivity contribution in [3.05, 3.63) is 84.5 Å². The summed E-state index contributed by atoms with van der Waals surface area (Å²) in [5.41, 5.74) is 13.4. The van der Waals surface area contributed by atoms with E-state index in [1.165, 1.54) is 11.1 Å². The second-order valence-electron chi connectivity index (χ2n) is 6.72. The molecule has 2 N–H and O–H groups in total. The average Bonchev–Trinajstić information content (AvgIpc) is 3.07. The molecule has 2 nitrogen and oxygen atoms in total. The van der Waals surface area contributed by atoms with Gasteiger partial charge in [-0.3, -0.25) is 0 Å². The Balaban J connectivity index is 1.67. The molecule has 0 saturated heterocycles. The number of hydrogen-bond donors (Lipinski definition) is 1. The van der Waals surface area contributed by atoms with Crippen LogP contribution in [0, 0.1) is 0 Å². The Kier molecular flexibility index (Phi) is 3.42. The van der Waals surface area contributed by atoms with Crippen LogP contribution in [0.5, 0.6) is 0 Å². The van der Waals surface area contributed by atoms with E-state index >= 15 is 0 Å². The zero-order valence-corrected chi connectivity index (χ0v) is 14.4. The molecule has 126 valence electrons. The van der Waals surface area contributed by atoms with E-state index in [0.29, 0.717) is 0 Å². The van der Waals surface area contributed by atoms with Crippen LogP contribution < -0.4 is 5.73 Å². The fourth-order valence-corrected chi connectivity index (χ4v) is 3.76. The number of para-hydroxylation sites is 1. The third kappa shape index (κ3) is 2.34. The number of fused-ring (bicyclic) bond motifs is 3. The summed E-state index contributed by atoms with van der Waals surface area (Å²) in [6, 6.07) is 20.7. The van der Waals surface area contributed by atoms with Gasteiger partial charge in [-0.25, -0.2) is 0 Å². The van der Waals surface area contributed by atoms with Crippen molar-refractivity contribution in [2.75, 3.05) is 5.73 Å². The van der Waals surface area contributed by atoms with Crippen LogP contribution in [-0.4, -0.2) is 0 Å². The van der Waals surface area contributed by atoms with Gasteiger partial charge in [0.2, 0.25) is 0 Å². The zero-order chi connectivity index (χ0) is 17.5. The molecule has 2 heteroatoms. The standard InChI is InChI=1S/C24H19NO/c25-21-15-14-20-19-8-4-5-9-22(19)26-24(20)23(21)18-12-10-17(11-13-18)16-6-2-1-3-7-16/h2,4-15H,1,3,25H2. The lowest BCUT2D eigenvalue weighted by atomic mass is 9.95. The van der Waals surface area contributed by atoms with E-state index in [4.69, 9.17) is 10.2 Å². The molecular formula is C24H19NO. The molecule has 1 aliphatic rings. The average molecular weight is 337 g/mol. The minimum absolute atomic E-state index is 0.737. The molecule has 0 amide bonds. The molecule has 0 saturated carbocycles. The second kappa shape index (κ2) is 5.92. The van der Waals surface area contributed by atoms with E-state index < -0.39 is 0 Å². The maximum Gasteiger partial charge on any atom is 0.145 e. The molecule has 1 heterocycles. The van der Waals surface area contributed by atoms with Gasteiger partial charge >= 0.3 is 0 Å². The Morgan fingerprint density at radius 1 is 0.769 bits per heavy atom. The monoisotopic (exact) mass is 337 g/mol. The van der Waals surface area contributed by atoms with E-state index in [0.717, 1.165) is 51.6 Å². The smallest absolute Gasteiger partial charge is 0.145 e. The number of benzene rings is 3. The summed E-state index contributed by atoms with van der Waals surface area (Å²) in [5.74, 6) is 0. The van der Waals surface area contributed by atoms with Gasteiger partial charge in [-0.15, -0.1) is 0 Å². The lowest BCUT2D eigenvalue weighted by molar-refractivity contribution is 0.670. The SMILES string of the molecule is Nc1ccc2c(oc3ccccc32)c1-c1ccc(C2=CCCC=C2)cc1. The molecule has 0 atom stereocenters. The van der Waals surface area contributed by atoms with Crippen LogP contribution in [0.2, 0.25) is 0 Å². The van der Waals surface area contributed by atoms with E-state index in [-0.39, 0.29) is 0 Å². The Morgan fingerprint density at radius 2 is 1.58 bits per heavy atom. The number of anilines is 1. The summed E-state index contributed by atoms with van der Waals surface area (Å²) in [6.45, 7) is 0. The zero-order valence-electron chi connectivity index (χ0n) is 14.4. The maximum atomic E-state index is 6.34. The minimum atomic E-state index is 0.737. The molecule has 3 aromatic carbocycles. The predicted octanol–water partition coefficient (Wildman–Crippen LogP) is 6.57. The molecular weight excluding hydrogens is 318 g/mol. The molecule has 26 heavy (non-hydrogen) atoms. The Morgan fingerprint density at radius 3 is 2.38 bits per heavy atom. The topological polar surface area (TPSA) is 39.2 Å². The number of nitrogen functional groups attached to an aromatic ring is 1. The van der Waals surface area contributed by atoms with Crippen molar-refractivity contribution in [3.8, 4) is 11.1 Å². The van der Waals surface area contributed by atoms with Crippen molar-refractivity contribution < 1.29 is 4.42 Å². The lowest BCUT2D eigenvalue weighted by Gasteiger charge is -2.10. The van der Waals surface area contributed by atoms with E-state index in [2.05, 4.69) is 48.6 Å². The van der Waals surface area contributed by atoms with Crippen molar-refractivity contribution >= 4 is 33.2 Å². The first-order valence-electron chi connectivity index (χ1n) is 8.98. The van der Waals surface area contributed by atoms with Gasteiger partial charge in [0, 0.05) is 22.0 Å². The highest BCUT2D eigenvalue weighted by atomic mass is 16.3. The van der Waals surface area contributed by atoms with Gasteiger partial charge < -0.3 is 10.2 Å². The summed E-state index contributed by atoms with van der Waals surface area (Å²) in [4.78, 5) is 0. The quantitative estimate of drug-likeness (QED) is 0.420. The van der Waals surface area contributed by atoms with Gasteiger partial charge in [0.15, 0.2) is 0 Å². The molecule has 4 aromatic rings. The highest BCUT2D eigenvalue weighted by Gasteiger charge is 2.15. The lowest BCUT2D eigenvalue weighted by Crippen LogP contribution is -1.91. The van der Waals surface area contributed by atoms with Gasteiger partial charge in [0.25, 0.3) is 0 Å². The molecule has 0 radical (unpaired) electrons. The van der Waals surface area contributed by atoms with Crippen LogP contribution in [0.15, 0.2) is 83.3 Å². The largest absolute Gasteiger partial charge is 0.455 e. The molecule has 0 aliphatic heterocycles. The Bertz CT molecular complexity index is 1180. The summed E-state index contributed by atoms with van der Waals surface area (Å²) < 4.78 is 6.16. The highest BCUT2D eigenvalue weighted by Crippen LogP contribution is 2.39. The van der Waals surface area contributed by atoms with E-state index in [9.17, 15) is 0 Å². The normalized spacial score (nSPS) is 14.1. The molecule has 5 rings (SSSR count). The maximum absolute atomic E-state index is 6.34. The number of nitrogens with two attached hydrogens (primary N) is 1. The van der Waals surface area contributed by atoms with Crippen LogP contribution in [0.4, 0.5) is 5.69 Å². The molecule has 0 fully saturated rings. The molecule has 0 unspecified atom stereocenters. The highest BCUT2D eigenvalue weighted by molar-refractivity contribution is 6.11. The summed E-state index contributed by atoms with van der Waals surface area (Å²) in [7, 11) is 0. The van der Waals surface area contributed by atoms with E-state index in [1.54, 1.807) is 0 Å². The summed E-state index contributed by atoms with van der Waals surface area (Å²) in [6.07, 6.45) is 8.97. The first-order valence-corrected chi connectivity index (χ1v) is 8.98. The molecule has 1 aromatic heterocycles. The number of rotatable bonds is 2. The van der Waals surface area contributed by atoms with Crippen LogP contribution in [0.1, 0.15) is 18.4 Å². The first kappa shape index (κ1) is 15.0. The minimum Gasteiger partial charge on any atom is -0.455 e. The van der Waals surface area contributed by atoms with Crippen LogP contribution in [0.25, 0.3) is 38.6 Å². The number of allylic oxidation sites excluding steroid dienone is 4. The predicted molar refractivity (Wildman–Crippen MR) is 110 cm³/mol. The van der Waals surface area contributed by atoms with Gasteiger partial charge in [-0.2, -0.15) is 0 Å². The molecule has 1 aliphatic carbocycles. The van der Waals surface area contributed by atoms with Gasteiger partial charge in [-0.1, -0.05) is 60.7 Å².